The minimum Gasteiger partial charge on any atom is -0.398 e. The van der Waals surface area contributed by atoms with Crippen molar-refractivity contribution in [3.63, 3.8) is 0 Å². The third kappa shape index (κ3) is 2.91. The third-order valence-electron chi connectivity index (χ3n) is 8.10. The van der Waals surface area contributed by atoms with Gasteiger partial charge in [-0.1, -0.05) is 30.6 Å². The highest BCUT2D eigenvalue weighted by molar-refractivity contribution is 6.69. The zero-order chi connectivity index (χ0) is 19.4. The molecule has 0 saturated heterocycles. The minimum atomic E-state index is -1.77. The molecule has 148 valence electrons. The van der Waals surface area contributed by atoms with Crippen molar-refractivity contribution in [2.75, 3.05) is 0 Å². The summed E-state index contributed by atoms with van der Waals surface area (Å²) in [6.07, 6.45) is 20.9. The molecule has 0 bridgehead atoms. The lowest BCUT2D eigenvalue weighted by Gasteiger charge is -2.57. The zero-order valence-electron chi connectivity index (χ0n) is 17.5. The molecule has 4 aliphatic rings. The molecule has 0 radical (unpaired) electrons. The van der Waals surface area contributed by atoms with Crippen LogP contribution >= 0.6 is 0 Å². The first-order chi connectivity index (χ1) is 12.8. The molecule has 27 heavy (non-hydrogen) atoms. The summed E-state index contributed by atoms with van der Waals surface area (Å²) in [7, 11) is -1.77. The van der Waals surface area contributed by atoms with Crippen LogP contribution < -0.4 is 0 Å². The highest BCUT2D eigenvalue weighted by Gasteiger charge is 2.62. The van der Waals surface area contributed by atoms with Gasteiger partial charge in [0.2, 0.25) is 0 Å². The average Bonchev–Trinajstić information content (AvgIpc) is 2.94. The summed E-state index contributed by atoms with van der Waals surface area (Å²) in [5, 5.41) is 10.1. The van der Waals surface area contributed by atoms with Crippen molar-refractivity contribution in [1.29, 1.82) is 0 Å². The molecule has 0 amide bonds. The Morgan fingerprint density at radius 3 is 2.67 bits per heavy atom. The summed E-state index contributed by atoms with van der Waals surface area (Å²) in [4.78, 5) is 0. The van der Waals surface area contributed by atoms with Crippen LogP contribution in [0.4, 0.5) is 0 Å². The molecule has 0 aromatic carbocycles. The van der Waals surface area contributed by atoms with Crippen LogP contribution in [0.2, 0.25) is 19.6 Å². The van der Waals surface area contributed by atoms with Gasteiger partial charge in [-0.2, -0.15) is 0 Å². The van der Waals surface area contributed by atoms with Gasteiger partial charge in [0.15, 0.2) is 8.32 Å². The molecular formula is C24H36O2Si. The predicted octanol–water partition coefficient (Wildman–Crippen LogP) is 5.31. The van der Waals surface area contributed by atoms with Gasteiger partial charge in [0.05, 0.1) is 6.10 Å². The SMILES string of the molecule is C#C[C@]1(O[Si](C)(C)C)C=C[C@H]2[C@@H]3CCC4=C[C@@H](O)CC[C@@H]4[C@H]3CC[C@@]21CC. The monoisotopic (exact) mass is 384 g/mol. The van der Waals surface area contributed by atoms with Gasteiger partial charge in [-0.15, -0.1) is 6.42 Å². The number of hydrogen-bond acceptors (Lipinski definition) is 2. The highest BCUT2D eigenvalue weighted by atomic mass is 28.4. The second-order valence-electron chi connectivity index (χ2n) is 10.4. The normalized spacial score (nSPS) is 46.1. The van der Waals surface area contributed by atoms with Crippen molar-refractivity contribution >= 4 is 8.32 Å². The molecule has 4 rings (SSSR count). The molecule has 2 fully saturated rings. The minimum absolute atomic E-state index is 0.0681. The summed E-state index contributed by atoms with van der Waals surface area (Å²) >= 11 is 0. The van der Waals surface area contributed by atoms with Crippen molar-refractivity contribution in [3.8, 4) is 12.3 Å². The number of allylic oxidation sites excluding steroid dienone is 2. The highest BCUT2D eigenvalue weighted by Crippen LogP contribution is 2.65. The number of terminal acetylenes is 1. The molecule has 7 atom stereocenters. The van der Waals surface area contributed by atoms with E-state index in [1.165, 1.54) is 19.3 Å². The lowest BCUT2D eigenvalue weighted by molar-refractivity contribution is -0.0805. The summed E-state index contributed by atoms with van der Waals surface area (Å²) in [5.41, 5.74) is 1.10. The number of aliphatic hydroxyl groups is 1. The summed E-state index contributed by atoms with van der Waals surface area (Å²) < 4.78 is 6.77. The first-order valence-electron chi connectivity index (χ1n) is 11.0. The zero-order valence-corrected chi connectivity index (χ0v) is 18.5. The molecule has 0 aromatic rings. The van der Waals surface area contributed by atoms with Crippen LogP contribution in [0.3, 0.4) is 0 Å². The van der Waals surface area contributed by atoms with Gasteiger partial charge in [-0.05, 0) is 94.3 Å². The van der Waals surface area contributed by atoms with Crippen molar-refractivity contribution in [2.45, 2.75) is 83.2 Å². The predicted molar refractivity (Wildman–Crippen MR) is 114 cm³/mol. The molecule has 0 heterocycles. The molecule has 1 N–H and O–H groups in total. The van der Waals surface area contributed by atoms with E-state index in [-0.39, 0.29) is 11.5 Å². The van der Waals surface area contributed by atoms with Crippen molar-refractivity contribution < 1.29 is 9.53 Å². The molecule has 0 spiro atoms. The number of aliphatic hydroxyl groups excluding tert-OH is 1. The van der Waals surface area contributed by atoms with Crippen LogP contribution in [-0.2, 0) is 4.43 Å². The Balaban J connectivity index is 1.67. The van der Waals surface area contributed by atoms with Gasteiger partial charge in [0.25, 0.3) is 0 Å². The van der Waals surface area contributed by atoms with Crippen molar-refractivity contribution in [3.05, 3.63) is 23.8 Å². The smallest absolute Gasteiger partial charge is 0.186 e. The van der Waals surface area contributed by atoms with E-state index in [0.717, 1.165) is 31.6 Å². The molecule has 0 unspecified atom stereocenters. The first kappa shape index (κ1) is 19.5. The maximum atomic E-state index is 10.1. The summed E-state index contributed by atoms with van der Waals surface area (Å²) in [6.45, 7) is 9.10. The number of hydrogen-bond donors (Lipinski definition) is 1. The van der Waals surface area contributed by atoms with Crippen LogP contribution in [0.15, 0.2) is 23.8 Å². The number of rotatable bonds is 3. The molecule has 3 heteroatoms. The fourth-order valence-corrected chi connectivity index (χ4v) is 8.43. The van der Waals surface area contributed by atoms with E-state index in [1.807, 2.05) is 0 Å². The largest absolute Gasteiger partial charge is 0.398 e. The van der Waals surface area contributed by atoms with E-state index >= 15 is 0 Å². The van der Waals surface area contributed by atoms with E-state index in [4.69, 9.17) is 10.8 Å². The van der Waals surface area contributed by atoms with Gasteiger partial charge >= 0.3 is 0 Å². The fraction of sp³-hybridized carbons (Fsp3) is 0.750. The first-order valence-corrected chi connectivity index (χ1v) is 14.4. The van der Waals surface area contributed by atoms with Gasteiger partial charge in [0, 0.05) is 5.41 Å². The van der Waals surface area contributed by atoms with Crippen LogP contribution in [0.1, 0.15) is 51.9 Å². The Morgan fingerprint density at radius 2 is 2.00 bits per heavy atom. The Labute approximate surface area is 166 Å². The molecule has 2 nitrogen and oxygen atoms in total. The van der Waals surface area contributed by atoms with Crippen LogP contribution in [0, 0.1) is 41.4 Å². The van der Waals surface area contributed by atoms with E-state index in [0.29, 0.717) is 17.8 Å². The van der Waals surface area contributed by atoms with Gasteiger partial charge in [0.1, 0.15) is 5.60 Å². The molecule has 0 aliphatic heterocycles. The Kier molecular flexibility index (Phi) is 4.77. The van der Waals surface area contributed by atoms with Crippen LogP contribution in [0.25, 0.3) is 0 Å². The van der Waals surface area contributed by atoms with Gasteiger partial charge in [-0.3, -0.25) is 0 Å². The second-order valence-corrected chi connectivity index (χ2v) is 14.8. The number of fused-ring (bicyclic) bond motifs is 5. The summed E-state index contributed by atoms with van der Waals surface area (Å²) in [6, 6.07) is 0. The topological polar surface area (TPSA) is 29.5 Å². The Hall–Kier alpha value is -0.823. The standard InChI is InChI=1S/C24H36O2Si/c1-6-23-14-12-20-19-11-9-18(25)16-17(19)8-10-21(20)22(23)13-15-24(23,7-2)26-27(3,4)5/h2,13,15-16,18-22,25H,6,8-12,14H2,1,3-5H3/t18-,19-,20+,21+,22-,23-,24-/m0/s1. The quantitative estimate of drug-likeness (QED) is 0.406. The average molecular weight is 385 g/mol. The van der Waals surface area contributed by atoms with E-state index in [2.05, 4.69) is 50.7 Å². The van der Waals surface area contributed by atoms with Gasteiger partial charge < -0.3 is 9.53 Å². The lowest BCUT2D eigenvalue weighted by Crippen LogP contribution is -2.57. The van der Waals surface area contributed by atoms with Crippen molar-refractivity contribution in [2.24, 2.45) is 29.1 Å². The second kappa shape index (κ2) is 6.61. The maximum Gasteiger partial charge on any atom is 0.186 e. The van der Waals surface area contributed by atoms with E-state index < -0.39 is 13.9 Å². The van der Waals surface area contributed by atoms with Crippen LogP contribution in [0.5, 0.6) is 0 Å². The molecule has 4 aliphatic carbocycles. The van der Waals surface area contributed by atoms with E-state index in [9.17, 15) is 5.11 Å². The third-order valence-corrected chi connectivity index (χ3v) is 9.04. The van der Waals surface area contributed by atoms with Gasteiger partial charge in [-0.25, -0.2) is 0 Å². The molecular weight excluding hydrogens is 348 g/mol. The van der Waals surface area contributed by atoms with Crippen LogP contribution in [-0.4, -0.2) is 25.1 Å². The molecule has 2 saturated carbocycles. The van der Waals surface area contributed by atoms with Crippen molar-refractivity contribution in [1.82, 2.24) is 0 Å². The molecule has 0 aromatic heterocycles. The summed E-state index contributed by atoms with van der Waals surface area (Å²) in [5.74, 6) is 5.87. The lowest BCUT2D eigenvalue weighted by atomic mass is 9.49. The fourth-order valence-electron chi connectivity index (χ4n) is 7.14. The Morgan fingerprint density at radius 1 is 1.22 bits per heavy atom. The Bertz CT molecular complexity index is 696. The maximum absolute atomic E-state index is 10.1. The van der Waals surface area contributed by atoms with E-state index in [1.54, 1.807) is 5.57 Å².